The van der Waals surface area contributed by atoms with E-state index in [1.165, 1.54) is 23.5 Å². The van der Waals surface area contributed by atoms with Gasteiger partial charge in [0, 0.05) is 33.6 Å². The van der Waals surface area contributed by atoms with Crippen molar-refractivity contribution in [3.05, 3.63) is 70.4 Å². The number of fused-ring (bicyclic) bond motifs is 1. The quantitative estimate of drug-likeness (QED) is 0.189. The molecule has 0 atom stereocenters. The molecule has 2 aromatic carbocycles. The highest BCUT2D eigenvalue weighted by Crippen LogP contribution is 2.33. The second-order valence-electron chi connectivity index (χ2n) is 9.84. The van der Waals surface area contributed by atoms with Crippen LogP contribution in [0.25, 0.3) is 21.5 Å². The summed E-state index contributed by atoms with van der Waals surface area (Å²) >= 11 is 1.49. The van der Waals surface area contributed by atoms with Crippen molar-refractivity contribution in [3.63, 3.8) is 0 Å². The first-order chi connectivity index (χ1) is 17.4. The first kappa shape index (κ1) is 26.7. The van der Waals surface area contributed by atoms with E-state index < -0.39 is 17.3 Å². The molecule has 0 bridgehead atoms. The largest absolute Gasteiger partial charge is 0.494 e. The predicted molar refractivity (Wildman–Crippen MR) is 139 cm³/mol. The van der Waals surface area contributed by atoms with E-state index >= 15 is 0 Å². The summed E-state index contributed by atoms with van der Waals surface area (Å²) in [4.78, 5) is 21.0. The van der Waals surface area contributed by atoms with Crippen LogP contribution in [0.1, 0.15) is 48.9 Å². The number of rotatable bonds is 8. The van der Waals surface area contributed by atoms with Crippen LogP contribution in [0.2, 0.25) is 0 Å². The van der Waals surface area contributed by atoms with Crippen molar-refractivity contribution < 1.29 is 27.4 Å². The molecule has 4 aromatic rings. The number of H-pyrrole nitrogens is 1. The van der Waals surface area contributed by atoms with Crippen LogP contribution in [-0.2, 0) is 28.5 Å². The van der Waals surface area contributed by atoms with Gasteiger partial charge in [0.25, 0.3) is 0 Å². The smallest absolute Gasteiger partial charge is 0.416 e. The zero-order valence-corrected chi connectivity index (χ0v) is 22.0. The number of esters is 1. The van der Waals surface area contributed by atoms with Gasteiger partial charge in [-0.25, -0.2) is 4.98 Å². The van der Waals surface area contributed by atoms with Crippen LogP contribution in [0.3, 0.4) is 0 Å². The van der Waals surface area contributed by atoms with Crippen LogP contribution in [0.15, 0.2) is 48.7 Å². The molecule has 0 aliphatic carbocycles. The Labute approximate surface area is 217 Å². The van der Waals surface area contributed by atoms with Gasteiger partial charge < -0.3 is 14.5 Å². The Morgan fingerprint density at radius 1 is 1.08 bits per heavy atom. The van der Waals surface area contributed by atoms with Gasteiger partial charge in [-0.3, -0.25) is 4.79 Å². The van der Waals surface area contributed by atoms with Gasteiger partial charge in [0.1, 0.15) is 16.4 Å². The second-order valence-corrected chi connectivity index (χ2v) is 10.9. The van der Waals surface area contributed by atoms with Crippen molar-refractivity contribution in [1.82, 2.24) is 9.97 Å². The first-order valence-corrected chi connectivity index (χ1v) is 12.8. The Morgan fingerprint density at radius 3 is 2.49 bits per heavy atom. The average molecular weight is 531 g/mol. The monoisotopic (exact) mass is 530 g/mol. The van der Waals surface area contributed by atoms with E-state index in [1.807, 2.05) is 52.1 Å². The molecule has 37 heavy (non-hydrogen) atoms. The number of nitrogens with one attached hydrogen (secondary N) is 1. The van der Waals surface area contributed by atoms with Gasteiger partial charge in [-0.2, -0.15) is 13.2 Å². The molecular weight excluding hydrogens is 501 g/mol. The van der Waals surface area contributed by atoms with Crippen molar-refractivity contribution in [3.8, 4) is 16.3 Å². The number of benzene rings is 2. The zero-order valence-electron chi connectivity index (χ0n) is 21.2. The Bertz CT molecular complexity index is 1380. The molecule has 0 aliphatic heterocycles. The molecule has 2 heterocycles. The number of thiazole rings is 1. The highest BCUT2D eigenvalue weighted by atomic mass is 32.1. The van der Waals surface area contributed by atoms with Crippen LogP contribution in [0.5, 0.6) is 5.75 Å². The number of aromatic amines is 1. The van der Waals surface area contributed by atoms with E-state index in [1.54, 1.807) is 0 Å². The SMILES string of the molecule is Cc1nc(-c2ccc(C(F)(F)F)cc2)sc1CCCOc1ccc2c(CC(=O)OC(C)(C)C)c[nH]c2c1. The minimum Gasteiger partial charge on any atom is -0.494 e. The summed E-state index contributed by atoms with van der Waals surface area (Å²) < 4.78 is 49.8. The minimum absolute atomic E-state index is 0.195. The van der Waals surface area contributed by atoms with Crippen molar-refractivity contribution >= 4 is 28.2 Å². The number of aromatic nitrogens is 2. The number of carbonyl (C=O) groups is 1. The number of hydrogen-bond donors (Lipinski definition) is 1. The molecule has 0 saturated heterocycles. The van der Waals surface area contributed by atoms with Crippen LogP contribution >= 0.6 is 11.3 Å². The van der Waals surface area contributed by atoms with Crippen molar-refractivity contribution in [2.75, 3.05) is 6.61 Å². The Hall–Kier alpha value is -3.33. The van der Waals surface area contributed by atoms with E-state index in [4.69, 9.17) is 9.47 Å². The number of ether oxygens (including phenoxy) is 2. The van der Waals surface area contributed by atoms with Crippen LogP contribution < -0.4 is 4.74 Å². The van der Waals surface area contributed by atoms with Gasteiger partial charge in [0.05, 0.1) is 24.3 Å². The van der Waals surface area contributed by atoms with Crippen LogP contribution in [-0.4, -0.2) is 28.1 Å². The van der Waals surface area contributed by atoms with Gasteiger partial charge >= 0.3 is 12.1 Å². The molecule has 4 rings (SSSR count). The molecule has 0 fully saturated rings. The second kappa shape index (κ2) is 10.6. The van der Waals surface area contributed by atoms with E-state index in [0.717, 1.165) is 57.8 Å². The summed E-state index contributed by atoms with van der Waals surface area (Å²) in [6.07, 6.45) is -0.813. The summed E-state index contributed by atoms with van der Waals surface area (Å²) in [6, 6.07) is 10.8. The maximum atomic E-state index is 12.8. The first-order valence-electron chi connectivity index (χ1n) is 12.0. The third-order valence-electron chi connectivity index (χ3n) is 5.66. The molecule has 196 valence electrons. The lowest BCUT2D eigenvalue weighted by atomic mass is 10.1. The Kier molecular flexibility index (Phi) is 7.64. The third kappa shape index (κ3) is 6.91. The predicted octanol–water partition coefficient (Wildman–Crippen LogP) is 7.51. The number of halogens is 3. The number of hydrogen-bond acceptors (Lipinski definition) is 5. The Balaban J connectivity index is 1.31. The number of aryl methyl sites for hydroxylation is 2. The summed E-state index contributed by atoms with van der Waals surface area (Å²) in [5.74, 6) is 0.457. The molecule has 0 saturated carbocycles. The molecule has 0 spiro atoms. The normalized spacial score (nSPS) is 12.2. The lowest BCUT2D eigenvalue weighted by Gasteiger charge is -2.19. The topological polar surface area (TPSA) is 64.2 Å². The number of alkyl halides is 3. The molecular formula is C28H29F3N2O3S. The summed E-state index contributed by atoms with van der Waals surface area (Å²) in [7, 11) is 0. The molecule has 9 heteroatoms. The molecule has 5 nitrogen and oxygen atoms in total. The fraction of sp³-hybridized carbons (Fsp3) is 0.357. The zero-order chi connectivity index (χ0) is 26.8. The molecule has 0 radical (unpaired) electrons. The Morgan fingerprint density at radius 2 is 1.81 bits per heavy atom. The van der Waals surface area contributed by atoms with Gasteiger partial charge in [0.15, 0.2) is 0 Å². The molecule has 2 aromatic heterocycles. The maximum absolute atomic E-state index is 12.8. The highest BCUT2D eigenvalue weighted by Gasteiger charge is 2.30. The lowest BCUT2D eigenvalue weighted by molar-refractivity contribution is -0.153. The lowest BCUT2D eigenvalue weighted by Crippen LogP contribution is -2.24. The number of nitrogens with zero attached hydrogens (tertiary/aromatic N) is 1. The molecule has 0 amide bonds. The van der Waals surface area contributed by atoms with Crippen molar-refractivity contribution in [2.24, 2.45) is 0 Å². The standard InChI is InChI=1S/C28H29F3N2O3S/c1-17-24(37-26(33-17)18-7-9-20(10-8-18)28(29,30)31)6-5-13-35-21-11-12-22-19(16-32-23(22)15-21)14-25(34)36-27(2,3)4/h7-12,15-16,32H,5-6,13-14H2,1-4H3. The number of carbonyl (C=O) groups excluding carboxylic acids is 1. The van der Waals surface area contributed by atoms with Gasteiger partial charge in [-0.05, 0) is 70.4 Å². The van der Waals surface area contributed by atoms with Gasteiger partial charge in [0.2, 0.25) is 0 Å². The third-order valence-corrected chi connectivity index (χ3v) is 6.93. The van der Waals surface area contributed by atoms with E-state index in [-0.39, 0.29) is 12.4 Å². The highest BCUT2D eigenvalue weighted by molar-refractivity contribution is 7.15. The van der Waals surface area contributed by atoms with Crippen LogP contribution in [0.4, 0.5) is 13.2 Å². The molecule has 1 N–H and O–H groups in total. The summed E-state index contributed by atoms with van der Waals surface area (Å²) in [5, 5.41) is 1.66. The van der Waals surface area contributed by atoms with E-state index in [2.05, 4.69) is 9.97 Å². The van der Waals surface area contributed by atoms with E-state index in [9.17, 15) is 18.0 Å². The van der Waals surface area contributed by atoms with Gasteiger partial charge in [-0.15, -0.1) is 11.3 Å². The van der Waals surface area contributed by atoms with Gasteiger partial charge in [-0.1, -0.05) is 12.1 Å². The van der Waals surface area contributed by atoms with E-state index in [0.29, 0.717) is 17.2 Å². The maximum Gasteiger partial charge on any atom is 0.416 e. The van der Waals surface area contributed by atoms with Crippen LogP contribution in [0, 0.1) is 6.92 Å². The minimum atomic E-state index is -4.35. The fourth-order valence-corrected chi connectivity index (χ4v) is 5.05. The van der Waals surface area contributed by atoms with Crippen molar-refractivity contribution in [2.45, 2.75) is 58.7 Å². The molecule has 0 aliphatic rings. The molecule has 0 unspecified atom stereocenters. The summed E-state index contributed by atoms with van der Waals surface area (Å²) in [6.45, 7) is 7.95. The van der Waals surface area contributed by atoms with Crippen molar-refractivity contribution in [1.29, 1.82) is 0 Å². The fourth-order valence-electron chi connectivity index (χ4n) is 3.94. The average Bonchev–Trinajstić information content (AvgIpc) is 3.38. The summed E-state index contributed by atoms with van der Waals surface area (Å²) in [5.41, 5.74) is 2.12.